The Morgan fingerprint density at radius 2 is 2.00 bits per heavy atom. The molecule has 0 spiro atoms. The highest BCUT2D eigenvalue weighted by Gasteiger charge is 2.18. The topological polar surface area (TPSA) is 12.0 Å². The van der Waals surface area contributed by atoms with Crippen LogP contribution in [0.5, 0.6) is 0 Å². The summed E-state index contributed by atoms with van der Waals surface area (Å²) in [7, 11) is 0. The van der Waals surface area contributed by atoms with Crippen molar-refractivity contribution in [3.05, 3.63) is 45.0 Å². The first-order valence-corrected chi connectivity index (χ1v) is 8.84. The Bertz CT molecular complexity index is 621. The van der Waals surface area contributed by atoms with E-state index in [1.807, 2.05) is 13.0 Å². The average molecular weight is 370 g/mol. The van der Waals surface area contributed by atoms with E-state index in [-0.39, 0.29) is 5.82 Å². The van der Waals surface area contributed by atoms with Crippen LogP contribution >= 0.6 is 27.3 Å². The van der Waals surface area contributed by atoms with E-state index in [9.17, 15) is 4.39 Å². The van der Waals surface area contributed by atoms with Gasteiger partial charge < -0.3 is 5.32 Å². The van der Waals surface area contributed by atoms with Crippen molar-refractivity contribution in [3.8, 4) is 10.4 Å². The second kappa shape index (κ2) is 7.03. The molecule has 0 aliphatic carbocycles. The first-order chi connectivity index (χ1) is 9.93. The molecule has 1 atom stereocenters. The molecule has 1 nitrogen and oxygen atoms in total. The fourth-order valence-corrected chi connectivity index (χ4v) is 4.14. The summed E-state index contributed by atoms with van der Waals surface area (Å²) in [5.74, 6) is 0.332. The summed E-state index contributed by atoms with van der Waals surface area (Å²) in [6.07, 6.45) is 0. The third-order valence-electron chi connectivity index (χ3n) is 3.56. The first-order valence-electron chi connectivity index (χ1n) is 7.23. The summed E-state index contributed by atoms with van der Waals surface area (Å²) in [6, 6.07) is 8.16. The second-order valence-electron chi connectivity index (χ2n) is 5.56. The molecule has 2 aromatic rings. The van der Waals surface area contributed by atoms with Gasteiger partial charge in [0.15, 0.2) is 0 Å². The molecule has 2 rings (SSSR count). The number of thiophene rings is 1. The van der Waals surface area contributed by atoms with Crippen LogP contribution in [0, 0.1) is 18.7 Å². The molecule has 0 aliphatic heterocycles. The van der Waals surface area contributed by atoms with E-state index in [0.717, 1.165) is 17.7 Å². The Kier molecular flexibility index (Phi) is 5.58. The summed E-state index contributed by atoms with van der Waals surface area (Å²) >= 11 is 5.06. The number of rotatable bonds is 5. The molecule has 1 unspecified atom stereocenters. The van der Waals surface area contributed by atoms with Gasteiger partial charge in [0.05, 0.1) is 4.47 Å². The monoisotopic (exact) mass is 369 g/mol. The molecule has 1 aromatic carbocycles. The molecule has 1 N–H and O–H groups in total. The highest BCUT2D eigenvalue weighted by Crippen LogP contribution is 2.37. The largest absolute Gasteiger partial charge is 0.309 e. The Morgan fingerprint density at radius 1 is 1.29 bits per heavy atom. The quantitative estimate of drug-likeness (QED) is 0.688. The van der Waals surface area contributed by atoms with E-state index in [1.54, 1.807) is 17.4 Å². The van der Waals surface area contributed by atoms with Crippen LogP contribution in [0.4, 0.5) is 4.39 Å². The molecular weight excluding hydrogens is 349 g/mol. The van der Waals surface area contributed by atoms with Gasteiger partial charge >= 0.3 is 0 Å². The highest BCUT2D eigenvalue weighted by molar-refractivity contribution is 9.10. The molecule has 0 saturated carbocycles. The smallest absolute Gasteiger partial charge is 0.137 e. The number of halogens is 2. The van der Waals surface area contributed by atoms with E-state index in [0.29, 0.717) is 16.4 Å². The maximum absolute atomic E-state index is 13.6. The highest BCUT2D eigenvalue weighted by atomic mass is 79.9. The summed E-state index contributed by atoms with van der Waals surface area (Å²) in [5, 5.41) is 3.54. The summed E-state index contributed by atoms with van der Waals surface area (Å²) < 4.78 is 14.1. The molecule has 21 heavy (non-hydrogen) atoms. The fourth-order valence-electron chi connectivity index (χ4n) is 2.46. The zero-order valence-corrected chi connectivity index (χ0v) is 15.2. The van der Waals surface area contributed by atoms with Gasteiger partial charge in [0.1, 0.15) is 5.82 Å². The van der Waals surface area contributed by atoms with E-state index in [2.05, 4.69) is 54.2 Å². The van der Waals surface area contributed by atoms with Crippen LogP contribution in [0.2, 0.25) is 0 Å². The molecule has 0 radical (unpaired) electrons. The van der Waals surface area contributed by atoms with Gasteiger partial charge in [-0.25, -0.2) is 4.39 Å². The Hall–Kier alpha value is -0.710. The van der Waals surface area contributed by atoms with Gasteiger partial charge in [0.2, 0.25) is 0 Å². The Labute approximate surface area is 138 Å². The molecule has 0 amide bonds. The second-order valence-corrected chi connectivity index (χ2v) is 7.53. The lowest BCUT2D eigenvalue weighted by atomic mass is 10.0. The number of hydrogen-bond donors (Lipinski definition) is 1. The van der Waals surface area contributed by atoms with Gasteiger partial charge in [-0.05, 0) is 70.7 Å². The van der Waals surface area contributed by atoms with Crippen molar-refractivity contribution in [2.75, 3.05) is 6.54 Å². The van der Waals surface area contributed by atoms with E-state index in [1.165, 1.54) is 9.75 Å². The lowest BCUT2D eigenvalue weighted by molar-refractivity contribution is 0.428. The summed E-state index contributed by atoms with van der Waals surface area (Å²) in [4.78, 5) is 2.52. The summed E-state index contributed by atoms with van der Waals surface area (Å²) in [6.45, 7) is 9.50. The van der Waals surface area contributed by atoms with Gasteiger partial charge in [-0.15, -0.1) is 11.3 Å². The molecule has 4 heteroatoms. The molecule has 1 aromatic heterocycles. The van der Waals surface area contributed by atoms with E-state index in [4.69, 9.17) is 0 Å². The standard InChI is InChI=1S/C17H21BrFNS/c1-5-20-17(10(2)3)16-7-6-15(21-16)12-9-13(18)14(19)8-11(12)4/h6-10,17,20H,5H2,1-4H3. The number of nitrogens with one attached hydrogen (secondary N) is 1. The molecule has 0 saturated heterocycles. The van der Waals surface area contributed by atoms with Crippen LogP contribution in [0.15, 0.2) is 28.7 Å². The number of benzene rings is 1. The minimum Gasteiger partial charge on any atom is -0.309 e. The van der Waals surface area contributed by atoms with Gasteiger partial charge in [-0.2, -0.15) is 0 Å². The number of hydrogen-bond acceptors (Lipinski definition) is 2. The predicted molar refractivity (Wildman–Crippen MR) is 93.4 cm³/mol. The Morgan fingerprint density at radius 3 is 2.62 bits per heavy atom. The third-order valence-corrected chi connectivity index (χ3v) is 5.37. The Balaban J connectivity index is 2.37. The van der Waals surface area contributed by atoms with Crippen molar-refractivity contribution >= 4 is 27.3 Å². The lowest BCUT2D eigenvalue weighted by Crippen LogP contribution is -2.24. The fraction of sp³-hybridized carbons (Fsp3) is 0.412. The van der Waals surface area contributed by atoms with Gasteiger partial charge in [-0.3, -0.25) is 0 Å². The van der Waals surface area contributed by atoms with Crippen LogP contribution in [0.25, 0.3) is 10.4 Å². The zero-order valence-electron chi connectivity index (χ0n) is 12.8. The predicted octanol–water partition coefficient (Wildman–Crippen LogP) is 5.93. The third kappa shape index (κ3) is 3.74. The van der Waals surface area contributed by atoms with Crippen molar-refractivity contribution in [2.24, 2.45) is 5.92 Å². The van der Waals surface area contributed by atoms with Crippen molar-refractivity contribution in [1.82, 2.24) is 5.32 Å². The van der Waals surface area contributed by atoms with Crippen LogP contribution in [0.1, 0.15) is 37.3 Å². The molecule has 0 aliphatic rings. The van der Waals surface area contributed by atoms with Crippen molar-refractivity contribution in [3.63, 3.8) is 0 Å². The van der Waals surface area contributed by atoms with E-state index >= 15 is 0 Å². The molecule has 1 heterocycles. The minimum atomic E-state index is -0.208. The van der Waals surface area contributed by atoms with E-state index < -0.39 is 0 Å². The molecular formula is C17H21BrFNS. The number of aryl methyl sites for hydroxylation is 1. The van der Waals surface area contributed by atoms with Crippen LogP contribution in [-0.2, 0) is 0 Å². The maximum atomic E-state index is 13.6. The molecule has 0 bridgehead atoms. The molecule has 114 valence electrons. The molecule has 0 fully saturated rings. The summed E-state index contributed by atoms with van der Waals surface area (Å²) in [5.41, 5.74) is 2.06. The van der Waals surface area contributed by atoms with Gasteiger partial charge in [0.25, 0.3) is 0 Å². The van der Waals surface area contributed by atoms with Crippen molar-refractivity contribution in [1.29, 1.82) is 0 Å². The lowest BCUT2D eigenvalue weighted by Gasteiger charge is -2.20. The SMILES string of the molecule is CCNC(c1ccc(-c2cc(Br)c(F)cc2C)s1)C(C)C. The maximum Gasteiger partial charge on any atom is 0.137 e. The van der Waals surface area contributed by atoms with Crippen molar-refractivity contribution < 1.29 is 4.39 Å². The minimum absolute atomic E-state index is 0.208. The van der Waals surface area contributed by atoms with Gasteiger partial charge in [-0.1, -0.05) is 20.8 Å². The van der Waals surface area contributed by atoms with Crippen LogP contribution in [0.3, 0.4) is 0 Å². The normalized spacial score (nSPS) is 12.9. The van der Waals surface area contributed by atoms with Gasteiger partial charge in [0, 0.05) is 15.8 Å². The average Bonchev–Trinajstić information content (AvgIpc) is 2.89. The van der Waals surface area contributed by atoms with Crippen LogP contribution in [-0.4, -0.2) is 6.54 Å². The first kappa shape index (κ1) is 16.7. The zero-order chi connectivity index (χ0) is 15.6. The van der Waals surface area contributed by atoms with Crippen LogP contribution < -0.4 is 5.32 Å². The van der Waals surface area contributed by atoms with Crippen molar-refractivity contribution in [2.45, 2.75) is 33.7 Å².